The molecule has 0 radical (unpaired) electrons. The first-order valence-corrected chi connectivity index (χ1v) is 6.85. The van der Waals surface area contributed by atoms with Crippen molar-refractivity contribution < 1.29 is 9.13 Å². The van der Waals surface area contributed by atoms with Gasteiger partial charge in [-0.15, -0.1) is 0 Å². The van der Waals surface area contributed by atoms with Crippen LogP contribution in [0.4, 0.5) is 4.39 Å². The molecule has 0 heterocycles. The summed E-state index contributed by atoms with van der Waals surface area (Å²) in [6, 6.07) is 13.9. The Bertz CT molecular complexity index is 664. The summed E-state index contributed by atoms with van der Waals surface area (Å²) < 4.78 is 19.2. The summed E-state index contributed by atoms with van der Waals surface area (Å²) in [4.78, 5) is 0. The summed E-state index contributed by atoms with van der Waals surface area (Å²) in [6.45, 7) is 4.98. The van der Waals surface area contributed by atoms with Gasteiger partial charge in [0.25, 0.3) is 0 Å². The number of nitriles is 1. The Kier molecular flexibility index (Phi) is 4.91. The number of nitrogens with one attached hydrogen (secondary N) is 1. The second-order valence-corrected chi connectivity index (χ2v) is 4.68. The number of rotatable bonds is 5. The molecule has 0 aliphatic rings. The van der Waals surface area contributed by atoms with Crippen LogP contribution in [0.25, 0.3) is 0 Å². The van der Waals surface area contributed by atoms with Crippen molar-refractivity contribution in [3.8, 4) is 17.6 Å². The molecule has 1 N–H and O–H groups in total. The van der Waals surface area contributed by atoms with Gasteiger partial charge in [0.05, 0.1) is 0 Å². The molecule has 0 saturated carbocycles. The lowest BCUT2D eigenvalue weighted by molar-refractivity contribution is 0.472. The summed E-state index contributed by atoms with van der Waals surface area (Å²) in [6.07, 6.45) is 0. The minimum Gasteiger partial charge on any atom is -0.456 e. The number of nitrogens with zero attached hydrogens (tertiary/aromatic N) is 1. The molecule has 1 atom stereocenters. The maximum absolute atomic E-state index is 13.5. The molecule has 2 rings (SSSR count). The molecular formula is C17H17FN2O. The largest absolute Gasteiger partial charge is 0.456 e. The number of halogens is 1. The third-order valence-corrected chi connectivity index (χ3v) is 3.18. The first-order valence-electron chi connectivity index (χ1n) is 6.85. The summed E-state index contributed by atoms with van der Waals surface area (Å²) in [7, 11) is 0. The first-order chi connectivity index (χ1) is 10.2. The predicted octanol–water partition coefficient (Wildman–Crippen LogP) is 4.16. The number of ether oxygens (including phenoxy) is 1. The molecule has 3 nitrogen and oxygen atoms in total. The van der Waals surface area contributed by atoms with Crippen LogP contribution >= 0.6 is 0 Å². The fraction of sp³-hybridized carbons (Fsp3) is 0.235. The Hall–Kier alpha value is -2.38. The minimum atomic E-state index is -0.577. The quantitative estimate of drug-likeness (QED) is 0.896. The van der Waals surface area contributed by atoms with Crippen LogP contribution in [0.5, 0.6) is 11.5 Å². The number of benzene rings is 2. The lowest BCUT2D eigenvalue weighted by Gasteiger charge is -2.14. The third-order valence-electron chi connectivity index (χ3n) is 3.18. The van der Waals surface area contributed by atoms with Gasteiger partial charge in [0.1, 0.15) is 28.9 Å². The molecule has 0 fully saturated rings. The van der Waals surface area contributed by atoms with Crippen LogP contribution in [-0.4, -0.2) is 6.54 Å². The van der Waals surface area contributed by atoms with Crippen molar-refractivity contribution in [1.29, 1.82) is 5.26 Å². The molecule has 2 aromatic rings. The van der Waals surface area contributed by atoms with Crippen LogP contribution in [0.15, 0.2) is 42.5 Å². The fourth-order valence-corrected chi connectivity index (χ4v) is 2.10. The van der Waals surface area contributed by atoms with Gasteiger partial charge in [-0.2, -0.15) is 5.26 Å². The molecule has 2 aromatic carbocycles. The van der Waals surface area contributed by atoms with E-state index in [1.165, 1.54) is 12.1 Å². The summed E-state index contributed by atoms with van der Waals surface area (Å²) >= 11 is 0. The molecule has 0 saturated heterocycles. The summed E-state index contributed by atoms with van der Waals surface area (Å²) in [5.41, 5.74) is 0.992. The Balaban J connectivity index is 2.27. The van der Waals surface area contributed by atoms with E-state index in [-0.39, 0.29) is 17.4 Å². The standard InChI is InChI=1S/C17H17FN2O/c1-3-20-12(2)13-6-4-7-14(10-13)21-17-9-5-8-16(18)15(17)11-19/h4-10,12,20H,3H2,1-2H3. The zero-order valence-electron chi connectivity index (χ0n) is 12.1. The second kappa shape index (κ2) is 6.87. The zero-order valence-corrected chi connectivity index (χ0v) is 12.1. The van der Waals surface area contributed by atoms with Gasteiger partial charge in [0.2, 0.25) is 0 Å². The van der Waals surface area contributed by atoms with Crippen LogP contribution < -0.4 is 10.1 Å². The fourth-order valence-electron chi connectivity index (χ4n) is 2.10. The lowest BCUT2D eigenvalue weighted by atomic mass is 10.1. The van der Waals surface area contributed by atoms with E-state index in [4.69, 9.17) is 10.00 Å². The maximum Gasteiger partial charge on any atom is 0.148 e. The molecule has 0 aromatic heterocycles. The first kappa shape index (κ1) is 15.0. The predicted molar refractivity (Wildman–Crippen MR) is 79.7 cm³/mol. The van der Waals surface area contributed by atoms with Gasteiger partial charge < -0.3 is 10.1 Å². The third kappa shape index (κ3) is 3.59. The molecule has 21 heavy (non-hydrogen) atoms. The van der Waals surface area contributed by atoms with Crippen molar-refractivity contribution in [2.24, 2.45) is 0 Å². The van der Waals surface area contributed by atoms with E-state index in [0.717, 1.165) is 12.1 Å². The molecule has 0 amide bonds. The highest BCUT2D eigenvalue weighted by Gasteiger charge is 2.11. The highest BCUT2D eigenvalue weighted by atomic mass is 19.1. The van der Waals surface area contributed by atoms with E-state index in [1.54, 1.807) is 12.1 Å². The molecule has 0 spiro atoms. The molecule has 0 bridgehead atoms. The second-order valence-electron chi connectivity index (χ2n) is 4.68. The highest BCUT2D eigenvalue weighted by molar-refractivity contribution is 5.46. The van der Waals surface area contributed by atoms with E-state index in [2.05, 4.69) is 12.2 Å². The van der Waals surface area contributed by atoms with Crippen molar-refractivity contribution in [2.75, 3.05) is 6.54 Å². The molecular weight excluding hydrogens is 267 g/mol. The van der Waals surface area contributed by atoms with Gasteiger partial charge in [0.15, 0.2) is 0 Å². The minimum absolute atomic E-state index is 0.0809. The van der Waals surface area contributed by atoms with Crippen LogP contribution in [0, 0.1) is 17.1 Å². The summed E-state index contributed by atoms with van der Waals surface area (Å²) in [5.74, 6) is 0.234. The molecule has 0 aliphatic heterocycles. The van der Waals surface area contributed by atoms with E-state index >= 15 is 0 Å². The van der Waals surface area contributed by atoms with Crippen LogP contribution in [0.2, 0.25) is 0 Å². The zero-order chi connectivity index (χ0) is 15.2. The van der Waals surface area contributed by atoms with E-state index in [1.807, 2.05) is 31.2 Å². The van der Waals surface area contributed by atoms with E-state index in [0.29, 0.717) is 5.75 Å². The average molecular weight is 284 g/mol. The van der Waals surface area contributed by atoms with Crippen molar-refractivity contribution in [2.45, 2.75) is 19.9 Å². The van der Waals surface area contributed by atoms with Crippen molar-refractivity contribution in [1.82, 2.24) is 5.32 Å². The number of hydrogen-bond acceptors (Lipinski definition) is 3. The lowest BCUT2D eigenvalue weighted by Crippen LogP contribution is -2.17. The maximum atomic E-state index is 13.5. The molecule has 1 unspecified atom stereocenters. The highest BCUT2D eigenvalue weighted by Crippen LogP contribution is 2.28. The van der Waals surface area contributed by atoms with E-state index < -0.39 is 5.82 Å². The van der Waals surface area contributed by atoms with Crippen LogP contribution in [0.3, 0.4) is 0 Å². The van der Waals surface area contributed by atoms with Gasteiger partial charge >= 0.3 is 0 Å². The van der Waals surface area contributed by atoms with Crippen molar-refractivity contribution in [3.63, 3.8) is 0 Å². The summed E-state index contributed by atoms with van der Waals surface area (Å²) in [5, 5.41) is 12.3. The Labute approximate surface area is 124 Å². The monoisotopic (exact) mass is 284 g/mol. The Morgan fingerprint density at radius 1 is 1.29 bits per heavy atom. The van der Waals surface area contributed by atoms with Crippen LogP contribution in [0.1, 0.15) is 31.0 Å². The van der Waals surface area contributed by atoms with Crippen molar-refractivity contribution >= 4 is 0 Å². The number of hydrogen-bond donors (Lipinski definition) is 1. The SMILES string of the molecule is CCNC(C)c1cccc(Oc2cccc(F)c2C#N)c1. The Morgan fingerprint density at radius 2 is 2.05 bits per heavy atom. The molecule has 108 valence electrons. The normalized spacial score (nSPS) is 11.7. The van der Waals surface area contributed by atoms with Gasteiger partial charge in [-0.3, -0.25) is 0 Å². The van der Waals surface area contributed by atoms with Gasteiger partial charge in [-0.1, -0.05) is 25.1 Å². The van der Waals surface area contributed by atoms with Crippen molar-refractivity contribution in [3.05, 3.63) is 59.4 Å². The molecule has 0 aliphatic carbocycles. The van der Waals surface area contributed by atoms with Crippen LogP contribution in [-0.2, 0) is 0 Å². The average Bonchev–Trinajstić information content (AvgIpc) is 2.48. The van der Waals surface area contributed by atoms with Gasteiger partial charge in [0, 0.05) is 6.04 Å². The van der Waals surface area contributed by atoms with E-state index in [9.17, 15) is 4.39 Å². The Morgan fingerprint density at radius 3 is 2.76 bits per heavy atom. The van der Waals surface area contributed by atoms with Gasteiger partial charge in [-0.05, 0) is 43.3 Å². The smallest absolute Gasteiger partial charge is 0.148 e. The van der Waals surface area contributed by atoms with Gasteiger partial charge in [-0.25, -0.2) is 4.39 Å². The molecule has 4 heteroatoms. The topological polar surface area (TPSA) is 45.0 Å².